The Kier molecular flexibility index (Phi) is 11.4. The topological polar surface area (TPSA) is 155 Å². The van der Waals surface area contributed by atoms with Crippen molar-refractivity contribution in [1.82, 2.24) is 4.57 Å². The minimum absolute atomic E-state index is 0.108. The van der Waals surface area contributed by atoms with Crippen LogP contribution in [-0.2, 0) is 54.2 Å². The lowest BCUT2D eigenvalue weighted by atomic mass is 9.98. The first-order chi connectivity index (χ1) is 23.9. The van der Waals surface area contributed by atoms with Gasteiger partial charge >= 0.3 is 29.8 Å². The lowest BCUT2D eigenvalue weighted by Gasteiger charge is -2.44. The van der Waals surface area contributed by atoms with Crippen LogP contribution in [0, 0.1) is 0 Å². The molecule has 5 rings (SSSR count). The number of carbonyl (C=O) groups excluding carboxylic acids is 5. The molecule has 0 N–H and O–H groups in total. The van der Waals surface area contributed by atoms with Gasteiger partial charge in [-0.2, -0.15) is 0 Å². The third-order valence-electron chi connectivity index (χ3n) is 7.52. The predicted molar refractivity (Wildman–Crippen MR) is 176 cm³/mol. The van der Waals surface area contributed by atoms with Gasteiger partial charge in [0.1, 0.15) is 25.1 Å². The zero-order valence-electron chi connectivity index (χ0n) is 27.5. The highest BCUT2D eigenvalue weighted by atomic mass is 35.5. The molecule has 1 saturated heterocycles. The highest BCUT2D eigenvalue weighted by Crippen LogP contribution is 2.35. The third kappa shape index (κ3) is 8.79. The zero-order chi connectivity index (χ0) is 35.9. The van der Waals surface area contributed by atoms with Crippen LogP contribution in [0.2, 0.25) is 5.02 Å². The Morgan fingerprint density at radius 1 is 0.740 bits per heavy atom. The van der Waals surface area contributed by atoms with Crippen molar-refractivity contribution in [3.63, 3.8) is 0 Å². The fourth-order valence-electron chi connectivity index (χ4n) is 5.45. The van der Waals surface area contributed by atoms with Crippen molar-refractivity contribution in [3.8, 4) is 11.4 Å². The molecule has 0 saturated carbocycles. The fraction of sp³-hybridized carbons (Fsp3) is 0.306. The molecule has 1 aliphatic rings. The van der Waals surface area contributed by atoms with E-state index in [0.717, 1.165) is 37.2 Å². The summed E-state index contributed by atoms with van der Waals surface area (Å²) in [6.07, 6.45) is -4.97. The monoisotopic (exact) mass is 707 g/mol. The molecule has 262 valence electrons. The molecule has 0 bridgehead atoms. The first-order valence-corrected chi connectivity index (χ1v) is 15.9. The number of hydrogen-bond donors (Lipinski definition) is 0. The summed E-state index contributed by atoms with van der Waals surface area (Å²) in [5.74, 6) is -3.27. The molecule has 3 aromatic carbocycles. The Morgan fingerprint density at radius 3 is 2.08 bits per heavy atom. The summed E-state index contributed by atoms with van der Waals surface area (Å²) in [5.41, 5.74) is 2.72. The molecule has 0 radical (unpaired) electrons. The second-order valence-corrected chi connectivity index (χ2v) is 11.7. The summed E-state index contributed by atoms with van der Waals surface area (Å²) >= 11 is 6.69. The van der Waals surface area contributed by atoms with Gasteiger partial charge in [-0.1, -0.05) is 41.9 Å². The van der Waals surface area contributed by atoms with Crippen molar-refractivity contribution in [2.75, 3.05) is 6.61 Å². The maximum absolute atomic E-state index is 12.7. The number of hydrogen-bond acceptors (Lipinski definition) is 12. The summed E-state index contributed by atoms with van der Waals surface area (Å²) in [5, 5.41) is 0.923. The van der Waals surface area contributed by atoms with Crippen molar-refractivity contribution >= 4 is 52.4 Å². The Morgan fingerprint density at radius 2 is 1.42 bits per heavy atom. The number of benzene rings is 3. The molecule has 13 nitrogen and oxygen atoms in total. The Balaban J connectivity index is 1.38. The number of rotatable bonds is 11. The number of ether oxygens (including phenoxy) is 7. The van der Waals surface area contributed by atoms with Gasteiger partial charge in [0.25, 0.3) is 0 Å². The molecule has 0 spiro atoms. The van der Waals surface area contributed by atoms with Crippen LogP contribution < -0.4 is 4.74 Å². The second-order valence-electron chi connectivity index (χ2n) is 11.3. The Bertz CT molecular complexity index is 1890. The molecule has 50 heavy (non-hydrogen) atoms. The molecule has 1 aromatic heterocycles. The summed E-state index contributed by atoms with van der Waals surface area (Å²) in [6.45, 7) is 4.32. The fourth-order valence-corrected chi connectivity index (χ4v) is 5.66. The van der Waals surface area contributed by atoms with E-state index >= 15 is 0 Å². The molecular weight excluding hydrogens is 674 g/mol. The molecule has 0 unspecified atom stereocenters. The van der Waals surface area contributed by atoms with Gasteiger partial charge < -0.3 is 37.7 Å². The van der Waals surface area contributed by atoms with Crippen LogP contribution in [0.25, 0.3) is 16.6 Å². The van der Waals surface area contributed by atoms with E-state index in [1.807, 2.05) is 47.2 Å². The van der Waals surface area contributed by atoms with Crippen LogP contribution >= 0.6 is 11.6 Å². The summed E-state index contributed by atoms with van der Waals surface area (Å²) in [6, 6.07) is 21.4. The van der Waals surface area contributed by atoms with Gasteiger partial charge in [-0.05, 0) is 48.0 Å². The minimum Gasteiger partial charge on any atom is -0.463 e. The molecule has 2 heterocycles. The quantitative estimate of drug-likeness (QED) is 0.150. The average Bonchev–Trinajstić information content (AvgIpc) is 3.49. The van der Waals surface area contributed by atoms with Crippen LogP contribution in [-0.4, -0.2) is 71.7 Å². The lowest BCUT2D eigenvalue weighted by Crippen LogP contribution is -2.63. The standard InChI is InChI=1S/C36H34ClNO12/c1-20(39)44-19-31-32(46-21(2)40)33(47-22(3)41)34(48-23(4)42)36(50-31)49-30-13-11-27(17-28(30)37)38-15-14-25-16-26(10-12-29(25)38)35(43)45-18-24-8-6-5-7-9-24/h5-17,31-34,36H,18-19H2,1-4H3/t31-,32-,33+,34+,36+/m1/s1. The van der Waals surface area contributed by atoms with Gasteiger partial charge in [-0.15, -0.1) is 0 Å². The van der Waals surface area contributed by atoms with Crippen LogP contribution in [0.3, 0.4) is 0 Å². The van der Waals surface area contributed by atoms with Crippen LogP contribution in [0.5, 0.6) is 5.75 Å². The molecule has 14 heteroatoms. The zero-order valence-corrected chi connectivity index (χ0v) is 28.3. The first-order valence-electron chi connectivity index (χ1n) is 15.5. The van der Waals surface area contributed by atoms with Gasteiger partial charge in [0.05, 0.1) is 16.1 Å². The average molecular weight is 708 g/mol. The van der Waals surface area contributed by atoms with Crippen molar-refractivity contribution in [2.24, 2.45) is 0 Å². The van der Waals surface area contributed by atoms with Crippen LogP contribution in [0.15, 0.2) is 79.0 Å². The van der Waals surface area contributed by atoms with Gasteiger partial charge in [-0.25, -0.2) is 4.79 Å². The number of carbonyl (C=O) groups is 5. The molecule has 4 aromatic rings. The highest BCUT2D eigenvalue weighted by molar-refractivity contribution is 6.32. The highest BCUT2D eigenvalue weighted by Gasteiger charge is 2.53. The smallest absolute Gasteiger partial charge is 0.338 e. The number of esters is 5. The molecular formula is C36H34ClNO12. The number of nitrogens with zero attached hydrogens (tertiary/aromatic N) is 1. The van der Waals surface area contributed by atoms with Gasteiger partial charge in [0.2, 0.25) is 12.4 Å². The predicted octanol–water partition coefficient (Wildman–Crippen LogP) is 5.10. The van der Waals surface area contributed by atoms with Gasteiger partial charge in [0, 0.05) is 45.0 Å². The molecule has 0 amide bonds. The van der Waals surface area contributed by atoms with Crippen LogP contribution in [0.4, 0.5) is 0 Å². The molecule has 0 aliphatic carbocycles. The van der Waals surface area contributed by atoms with E-state index in [2.05, 4.69) is 0 Å². The summed E-state index contributed by atoms with van der Waals surface area (Å²) < 4.78 is 40.9. The first kappa shape index (κ1) is 35.9. The number of halogens is 1. The van der Waals surface area contributed by atoms with Crippen LogP contribution in [0.1, 0.15) is 43.6 Å². The van der Waals surface area contributed by atoms with E-state index < -0.39 is 67.2 Å². The summed E-state index contributed by atoms with van der Waals surface area (Å²) in [4.78, 5) is 60.6. The molecule has 1 aliphatic heterocycles. The van der Waals surface area contributed by atoms with E-state index in [9.17, 15) is 24.0 Å². The second kappa shape index (κ2) is 15.9. The van der Waals surface area contributed by atoms with Gasteiger partial charge in [0.15, 0.2) is 12.2 Å². The lowest BCUT2D eigenvalue weighted by molar-refractivity contribution is -0.288. The summed E-state index contributed by atoms with van der Waals surface area (Å²) in [7, 11) is 0. The SMILES string of the molecule is CC(=O)OC[C@H]1O[C@H](Oc2ccc(-n3ccc4cc(C(=O)OCc5ccccc5)ccc43)cc2Cl)[C@@H](OC(C)=O)[C@@H](OC(C)=O)[C@@H]1OC(C)=O. The maximum Gasteiger partial charge on any atom is 0.338 e. The van der Waals surface area contributed by atoms with Crippen molar-refractivity contribution < 1.29 is 57.1 Å². The van der Waals surface area contributed by atoms with E-state index in [0.29, 0.717) is 11.3 Å². The van der Waals surface area contributed by atoms with Crippen molar-refractivity contribution in [2.45, 2.75) is 65.0 Å². The Labute approximate surface area is 291 Å². The minimum atomic E-state index is -1.45. The van der Waals surface area contributed by atoms with Crippen molar-refractivity contribution in [1.29, 1.82) is 0 Å². The largest absolute Gasteiger partial charge is 0.463 e. The molecule has 5 atom stereocenters. The molecule has 1 fully saturated rings. The van der Waals surface area contributed by atoms with E-state index in [4.69, 9.17) is 44.8 Å². The number of aromatic nitrogens is 1. The van der Waals surface area contributed by atoms with E-state index in [1.165, 1.54) is 6.92 Å². The number of fused-ring (bicyclic) bond motifs is 1. The maximum atomic E-state index is 12.7. The van der Waals surface area contributed by atoms with E-state index in [1.54, 1.807) is 36.4 Å². The normalized spacial score (nSPS) is 20.0. The Hall–Kier alpha value is -5.40. The van der Waals surface area contributed by atoms with E-state index in [-0.39, 0.29) is 17.4 Å². The van der Waals surface area contributed by atoms with Gasteiger partial charge in [-0.3, -0.25) is 19.2 Å². The van der Waals surface area contributed by atoms with Crippen molar-refractivity contribution in [3.05, 3.63) is 95.1 Å². The third-order valence-corrected chi connectivity index (χ3v) is 7.82.